The van der Waals surface area contributed by atoms with Crippen molar-refractivity contribution in [2.75, 3.05) is 5.75 Å². The Morgan fingerprint density at radius 3 is 2.24 bits per heavy atom. The summed E-state index contributed by atoms with van der Waals surface area (Å²) in [4.78, 5) is 26.4. The number of thioether (sulfide) groups is 1. The van der Waals surface area contributed by atoms with Crippen LogP contribution in [0.25, 0.3) is 0 Å². The van der Waals surface area contributed by atoms with E-state index in [9.17, 15) is 9.59 Å². The summed E-state index contributed by atoms with van der Waals surface area (Å²) in [5.74, 6) is -0.914. The molecule has 0 saturated heterocycles. The van der Waals surface area contributed by atoms with Crippen molar-refractivity contribution in [3.63, 3.8) is 0 Å². The van der Waals surface area contributed by atoms with Gasteiger partial charge in [0.25, 0.3) is 5.91 Å². The number of nitrogens with two attached hydrogens (primary N) is 2. The van der Waals surface area contributed by atoms with Crippen molar-refractivity contribution < 1.29 is 9.59 Å². The van der Waals surface area contributed by atoms with Gasteiger partial charge in [-0.15, -0.1) is 0 Å². The molecule has 1 aromatic rings. The highest BCUT2D eigenvalue weighted by Crippen LogP contribution is 2.26. The van der Waals surface area contributed by atoms with Crippen molar-refractivity contribution in [2.24, 2.45) is 11.5 Å². The van der Waals surface area contributed by atoms with Gasteiger partial charge in [-0.25, -0.2) is 4.98 Å². The molecule has 0 fully saturated rings. The highest BCUT2D eigenvalue weighted by atomic mass is 32.2. The second kappa shape index (κ2) is 5.18. The summed E-state index contributed by atoms with van der Waals surface area (Å²) in [5.41, 5.74) is 13.3. The lowest BCUT2D eigenvalue weighted by Gasteiger charge is -2.12. The van der Waals surface area contributed by atoms with Crippen LogP contribution in [-0.2, 0) is 4.79 Å². The second-order valence-corrected chi connectivity index (χ2v) is 4.71. The van der Waals surface area contributed by atoms with E-state index in [1.165, 1.54) is 0 Å². The molecule has 0 unspecified atom stereocenters. The molecule has 1 aromatic heterocycles. The summed E-state index contributed by atoms with van der Waals surface area (Å²) in [6.07, 6.45) is 0. The molecule has 0 atom stereocenters. The molecule has 5 nitrogen and oxygen atoms in total. The van der Waals surface area contributed by atoms with Gasteiger partial charge in [0.05, 0.1) is 11.3 Å². The molecule has 0 aliphatic carbocycles. The Kier molecular flexibility index (Phi) is 4.11. The molecule has 0 radical (unpaired) electrons. The Hall–Kier alpha value is -1.56. The van der Waals surface area contributed by atoms with E-state index in [2.05, 4.69) is 4.98 Å². The molecule has 1 rings (SSSR count). The van der Waals surface area contributed by atoms with Crippen LogP contribution in [0.15, 0.2) is 5.03 Å². The first-order valence-electron chi connectivity index (χ1n) is 5.03. The molecule has 6 heteroatoms. The maximum Gasteiger partial charge on any atom is 0.251 e. The highest BCUT2D eigenvalue weighted by Gasteiger charge is 2.17. The number of carbonyl (C=O) groups excluding carboxylic acids is 2. The molecular weight excluding hydrogens is 238 g/mol. The fourth-order valence-electron chi connectivity index (χ4n) is 1.45. The van der Waals surface area contributed by atoms with E-state index in [-0.39, 0.29) is 5.75 Å². The van der Waals surface area contributed by atoms with Crippen molar-refractivity contribution in [1.29, 1.82) is 0 Å². The zero-order valence-electron chi connectivity index (χ0n) is 10.0. The minimum Gasteiger partial charge on any atom is -0.369 e. The molecule has 1 heterocycles. The Morgan fingerprint density at radius 2 is 1.76 bits per heavy atom. The van der Waals surface area contributed by atoms with Gasteiger partial charge in [-0.1, -0.05) is 11.8 Å². The molecule has 92 valence electrons. The van der Waals surface area contributed by atoms with Gasteiger partial charge < -0.3 is 11.5 Å². The van der Waals surface area contributed by atoms with Gasteiger partial charge in [0.15, 0.2) is 0 Å². The van der Waals surface area contributed by atoms with E-state index >= 15 is 0 Å². The van der Waals surface area contributed by atoms with Crippen LogP contribution in [0.1, 0.15) is 27.2 Å². The minimum absolute atomic E-state index is 0.0786. The predicted octanol–water partition coefficient (Wildman–Crippen LogP) is 0.683. The summed E-state index contributed by atoms with van der Waals surface area (Å²) in [7, 11) is 0. The SMILES string of the molecule is Cc1nc(SCC(N)=O)c(C(N)=O)c(C)c1C. The molecule has 4 N–H and O–H groups in total. The summed E-state index contributed by atoms with van der Waals surface area (Å²) in [6, 6.07) is 0. The number of nitrogens with zero attached hydrogens (tertiary/aromatic N) is 1. The fraction of sp³-hybridized carbons (Fsp3) is 0.364. The van der Waals surface area contributed by atoms with Crippen LogP contribution < -0.4 is 11.5 Å². The Bertz CT molecular complexity index is 486. The summed E-state index contributed by atoms with van der Waals surface area (Å²) < 4.78 is 0. The number of pyridine rings is 1. The Balaban J connectivity index is 3.27. The highest BCUT2D eigenvalue weighted by molar-refractivity contribution is 8.00. The fourth-order valence-corrected chi connectivity index (χ4v) is 2.32. The quantitative estimate of drug-likeness (QED) is 0.771. The van der Waals surface area contributed by atoms with Crippen molar-refractivity contribution in [2.45, 2.75) is 25.8 Å². The van der Waals surface area contributed by atoms with E-state index in [1.807, 2.05) is 20.8 Å². The largest absolute Gasteiger partial charge is 0.369 e. The third-order valence-corrected chi connectivity index (χ3v) is 3.56. The number of primary amides is 2. The molecule has 0 aliphatic rings. The topological polar surface area (TPSA) is 99.1 Å². The maximum absolute atomic E-state index is 11.4. The van der Waals surface area contributed by atoms with E-state index < -0.39 is 11.8 Å². The van der Waals surface area contributed by atoms with Gasteiger partial charge in [-0.2, -0.15) is 0 Å². The second-order valence-electron chi connectivity index (χ2n) is 3.75. The third-order valence-electron chi connectivity index (χ3n) is 2.56. The van der Waals surface area contributed by atoms with Gasteiger partial charge >= 0.3 is 0 Å². The van der Waals surface area contributed by atoms with E-state index in [0.29, 0.717) is 10.6 Å². The van der Waals surface area contributed by atoms with Crippen LogP contribution >= 0.6 is 11.8 Å². The van der Waals surface area contributed by atoms with Crippen LogP contribution in [0.5, 0.6) is 0 Å². The number of hydrogen-bond donors (Lipinski definition) is 2. The number of hydrogen-bond acceptors (Lipinski definition) is 4. The third kappa shape index (κ3) is 2.97. The van der Waals surface area contributed by atoms with Crippen molar-refractivity contribution in [3.8, 4) is 0 Å². The summed E-state index contributed by atoms with van der Waals surface area (Å²) in [5, 5.41) is 0.469. The van der Waals surface area contributed by atoms with Crippen molar-refractivity contribution >= 4 is 23.6 Å². The van der Waals surface area contributed by atoms with Gasteiger partial charge in [0, 0.05) is 5.69 Å². The number of aryl methyl sites for hydroxylation is 1. The molecule has 2 amide bonds. The average molecular weight is 253 g/mol. The monoisotopic (exact) mass is 253 g/mol. The van der Waals surface area contributed by atoms with Crippen LogP contribution in [0.2, 0.25) is 0 Å². The standard InChI is InChI=1S/C11H15N3O2S/c1-5-6(2)9(10(13)16)11(14-7(5)3)17-4-8(12)15/h4H2,1-3H3,(H2,12,15)(H2,13,16). The molecule has 0 spiro atoms. The first kappa shape index (κ1) is 13.5. The first-order chi connectivity index (χ1) is 7.84. The zero-order valence-corrected chi connectivity index (χ0v) is 10.9. The van der Waals surface area contributed by atoms with Crippen molar-refractivity contribution in [1.82, 2.24) is 4.98 Å². The van der Waals surface area contributed by atoms with Gasteiger partial charge in [-0.05, 0) is 31.9 Å². The molecule has 0 aliphatic heterocycles. The summed E-state index contributed by atoms with van der Waals surface area (Å²) >= 11 is 1.13. The van der Waals surface area contributed by atoms with Crippen LogP contribution in [0.4, 0.5) is 0 Å². The normalized spacial score (nSPS) is 10.3. The molecular formula is C11H15N3O2S. The first-order valence-corrected chi connectivity index (χ1v) is 6.01. The van der Waals surface area contributed by atoms with Gasteiger partial charge in [0.2, 0.25) is 5.91 Å². The molecule has 0 bridgehead atoms. The molecule has 17 heavy (non-hydrogen) atoms. The van der Waals surface area contributed by atoms with Crippen LogP contribution in [-0.4, -0.2) is 22.6 Å². The minimum atomic E-state index is -0.537. The number of aromatic nitrogens is 1. The van der Waals surface area contributed by atoms with Gasteiger partial charge in [0.1, 0.15) is 5.03 Å². The molecule has 0 saturated carbocycles. The number of carbonyl (C=O) groups is 2. The van der Waals surface area contributed by atoms with Crippen molar-refractivity contribution in [3.05, 3.63) is 22.4 Å². The van der Waals surface area contributed by atoms with Crippen LogP contribution in [0.3, 0.4) is 0 Å². The Labute approximate surface area is 104 Å². The number of rotatable bonds is 4. The lowest BCUT2D eigenvalue weighted by atomic mass is 10.0. The van der Waals surface area contributed by atoms with Crippen LogP contribution in [0, 0.1) is 20.8 Å². The zero-order chi connectivity index (χ0) is 13.2. The lowest BCUT2D eigenvalue weighted by molar-refractivity contribution is -0.115. The number of amides is 2. The van der Waals surface area contributed by atoms with E-state index in [0.717, 1.165) is 28.6 Å². The van der Waals surface area contributed by atoms with E-state index in [4.69, 9.17) is 11.5 Å². The average Bonchev–Trinajstić information content (AvgIpc) is 2.22. The predicted molar refractivity (Wildman–Crippen MR) is 66.9 cm³/mol. The Morgan fingerprint density at radius 1 is 1.18 bits per heavy atom. The van der Waals surface area contributed by atoms with E-state index in [1.54, 1.807) is 0 Å². The molecule has 0 aromatic carbocycles. The maximum atomic E-state index is 11.4. The smallest absolute Gasteiger partial charge is 0.251 e. The lowest BCUT2D eigenvalue weighted by Crippen LogP contribution is -2.18. The summed E-state index contributed by atoms with van der Waals surface area (Å²) in [6.45, 7) is 5.55. The van der Waals surface area contributed by atoms with Gasteiger partial charge in [-0.3, -0.25) is 9.59 Å².